The standard InChI is InChI=1S/C36H51NO7S/c1-35(2,3)19-7-8-30(40)22-27(20-24-9-14-28(38)15-10-24)33(42)37-31(21-25-11-16-29(39)17-12-25)32(41)18-13-26(34(43)44)23-45-36(4,5)6/h9-12,14-17,26-27,31,38-39H,7-8,13,18-23H2,1-6H3,(H,37,42)(H,43,44)/t26-,27-,31+/m1/s1. The van der Waals surface area contributed by atoms with Crippen molar-refractivity contribution in [2.24, 2.45) is 17.3 Å². The number of benzene rings is 2. The van der Waals surface area contributed by atoms with E-state index in [1.807, 2.05) is 20.8 Å². The zero-order valence-corrected chi connectivity index (χ0v) is 28.4. The summed E-state index contributed by atoms with van der Waals surface area (Å²) in [7, 11) is 0. The number of amides is 1. The summed E-state index contributed by atoms with van der Waals surface area (Å²) < 4.78 is -0.121. The number of carboxylic acids is 1. The van der Waals surface area contributed by atoms with E-state index >= 15 is 0 Å². The Kier molecular flexibility index (Phi) is 14.6. The van der Waals surface area contributed by atoms with Crippen LogP contribution in [0.4, 0.5) is 0 Å². The van der Waals surface area contributed by atoms with Crippen molar-refractivity contribution in [2.45, 2.75) is 104 Å². The summed E-state index contributed by atoms with van der Waals surface area (Å²) in [5, 5.41) is 32.1. The van der Waals surface area contributed by atoms with E-state index in [0.29, 0.717) is 12.2 Å². The number of thioether (sulfide) groups is 1. The van der Waals surface area contributed by atoms with Gasteiger partial charge in [-0.3, -0.25) is 19.2 Å². The van der Waals surface area contributed by atoms with E-state index in [-0.39, 0.29) is 65.3 Å². The molecule has 248 valence electrons. The van der Waals surface area contributed by atoms with Crippen molar-refractivity contribution in [1.29, 1.82) is 0 Å². The van der Waals surface area contributed by atoms with Crippen LogP contribution in [0.1, 0.15) is 91.2 Å². The molecule has 1 amide bonds. The first-order valence-electron chi connectivity index (χ1n) is 15.7. The Labute approximate surface area is 272 Å². The monoisotopic (exact) mass is 641 g/mol. The quantitative estimate of drug-likeness (QED) is 0.140. The summed E-state index contributed by atoms with van der Waals surface area (Å²) in [6, 6.07) is 11.9. The molecule has 0 radical (unpaired) electrons. The molecule has 2 aromatic rings. The summed E-state index contributed by atoms with van der Waals surface area (Å²) in [5.74, 6) is -2.61. The summed E-state index contributed by atoms with van der Waals surface area (Å²) in [6.45, 7) is 12.4. The van der Waals surface area contributed by atoms with Gasteiger partial charge in [-0.15, -0.1) is 0 Å². The first-order chi connectivity index (χ1) is 20.9. The number of carbonyl (C=O) groups excluding carboxylic acids is 3. The fraction of sp³-hybridized carbons (Fsp3) is 0.556. The van der Waals surface area contributed by atoms with Gasteiger partial charge in [0.15, 0.2) is 5.78 Å². The van der Waals surface area contributed by atoms with Gasteiger partial charge in [-0.2, -0.15) is 11.8 Å². The lowest BCUT2D eigenvalue weighted by Gasteiger charge is -2.24. The third-order valence-corrected chi connectivity index (χ3v) is 8.97. The summed E-state index contributed by atoms with van der Waals surface area (Å²) in [6.07, 6.45) is 2.49. The topological polar surface area (TPSA) is 141 Å². The minimum atomic E-state index is -0.961. The molecule has 0 fully saturated rings. The van der Waals surface area contributed by atoms with E-state index in [1.165, 1.54) is 36.0 Å². The molecule has 0 saturated heterocycles. The molecule has 4 N–H and O–H groups in total. The van der Waals surface area contributed by atoms with Crippen molar-refractivity contribution < 1.29 is 34.5 Å². The van der Waals surface area contributed by atoms with E-state index in [0.717, 1.165) is 24.0 Å². The van der Waals surface area contributed by atoms with E-state index in [9.17, 15) is 34.5 Å². The van der Waals surface area contributed by atoms with E-state index in [2.05, 4.69) is 26.1 Å². The number of hydrogen-bond acceptors (Lipinski definition) is 7. The molecule has 0 spiro atoms. The highest BCUT2D eigenvalue weighted by Crippen LogP contribution is 2.28. The molecule has 0 aliphatic heterocycles. The van der Waals surface area contributed by atoms with Gasteiger partial charge in [-0.25, -0.2) is 0 Å². The maximum atomic E-state index is 13.8. The van der Waals surface area contributed by atoms with Crippen LogP contribution in [-0.2, 0) is 32.0 Å². The van der Waals surface area contributed by atoms with Gasteiger partial charge in [0.25, 0.3) is 0 Å². The van der Waals surface area contributed by atoms with Crippen LogP contribution in [0.3, 0.4) is 0 Å². The van der Waals surface area contributed by atoms with Gasteiger partial charge in [-0.05, 0) is 72.9 Å². The zero-order valence-electron chi connectivity index (χ0n) is 27.6. The average molecular weight is 642 g/mol. The van der Waals surface area contributed by atoms with Crippen LogP contribution in [0.25, 0.3) is 0 Å². The van der Waals surface area contributed by atoms with E-state index < -0.39 is 29.8 Å². The predicted molar refractivity (Wildman–Crippen MR) is 180 cm³/mol. The van der Waals surface area contributed by atoms with Crippen molar-refractivity contribution in [3.8, 4) is 11.5 Å². The van der Waals surface area contributed by atoms with Crippen molar-refractivity contribution >= 4 is 35.2 Å². The van der Waals surface area contributed by atoms with Gasteiger partial charge >= 0.3 is 5.97 Å². The molecule has 0 aliphatic carbocycles. The van der Waals surface area contributed by atoms with Crippen LogP contribution in [0, 0.1) is 17.3 Å². The number of aliphatic carboxylic acids is 1. The number of Topliss-reactive ketones (excluding diaryl/α,β-unsaturated/α-hetero) is 2. The first-order valence-corrected chi connectivity index (χ1v) is 16.7. The molecule has 45 heavy (non-hydrogen) atoms. The summed E-state index contributed by atoms with van der Waals surface area (Å²) in [5.41, 5.74) is 1.59. The highest BCUT2D eigenvalue weighted by atomic mass is 32.2. The van der Waals surface area contributed by atoms with Crippen LogP contribution < -0.4 is 5.32 Å². The van der Waals surface area contributed by atoms with Crippen molar-refractivity contribution in [3.63, 3.8) is 0 Å². The number of carboxylic acid groups (broad SMARTS) is 1. The molecule has 0 aromatic heterocycles. The molecule has 3 atom stereocenters. The molecule has 0 heterocycles. The molecule has 0 aliphatic rings. The Bertz CT molecular complexity index is 1260. The van der Waals surface area contributed by atoms with Gasteiger partial charge in [0.2, 0.25) is 5.91 Å². The number of aromatic hydroxyl groups is 2. The van der Waals surface area contributed by atoms with Gasteiger partial charge < -0.3 is 20.6 Å². The summed E-state index contributed by atoms with van der Waals surface area (Å²) >= 11 is 1.53. The first kappa shape index (κ1) is 37.9. The van der Waals surface area contributed by atoms with Crippen LogP contribution in [0.5, 0.6) is 11.5 Å². The maximum absolute atomic E-state index is 13.8. The number of ketones is 2. The molecule has 2 rings (SSSR count). The van der Waals surface area contributed by atoms with E-state index in [1.54, 1.807) is 24.3 Å². The Morgan fingerprint density at radius 2 is 1.31 bits per heavy atom. The van der Waals surface area contributed by atoms with Crippen LogP contribution >= 0.6 is 11.8 Å². The number of phenolic OH excluding ortho intramolecular Hbond substituents is 2. The highest BCUT2D eigenvalue weighted by molar-refractivity contribution is 8.00. The second kappa shape index (κ2) is 17.4. The van der Waals surface area contributed by atoms with Gasteiger partial charge in [0, 0.05) is 35.7 Å². The number of nitrogens with one attached hydrogen (secondary N) is 1. The predicted octanol–water partition coefficient (Wildman–Crippen LogP) is 6.74. The third-order valence-electron chi connectivity index (χ3n) is 7.53. The fourth-order valence-electron chi connectivity index (χ4n) is 4.89. The highest BCUT2D eigenvalue weighted by Gasteiger charge is 2.29. The Morgan fingerprint density at radius 3 is 1.80 bits per heavy atom. The lowest BCUT2D eigenvalue weighted by atomic mass is 9.87. The minimum Gasteiger partial charge on any atom is -0.508 e. The van der Waals surface area contributed by atoms with Gasteiger partial charge in [0.1, 0.15) is 17.3 Å². The lowest BCUT2D eigenvalue weighted by molar-refractivity contribution is -0.141. The van der Waals surface area contributed by atoms with Gasteiger partial charge in [0.05, 0.1) is 12.0 Å². The maximum Gasteiger partial charge on any atom is 0.307 e. The molecule has 9 heteroatoms. The molecular weight excluding hydrogens is 590 g/mol. The largest absolute Gasteiger partial charge is 0.508 e. The number of phenols is 2. The van der Waals surface area contributed by atoms with Crippen molar-refractivity contribution in [1.82, 2.24) is 5.32 Å². The van der Waals surface area contributed by atoms with Crippen LogP contribution in [0.2, 0.25) is 0 Å². The number of hydrogen-bond donors (Lipinski definition) is 4. The molecule has 0 unspecified atom stereocenters. The van der Waals surface area contributed by atoms with Gasteiger partial charge in [-0.1, -0.05) is 65.8 Å². The van der Waals surface area contributed by atoms with Crippen LogP contribution in [-0.4, -0.2) is 55.3 Å². The van der Waals surface area contributed by atoms with Crippen molar-refractivity contribution in [3.05, 3.63) is 59.7 Å². The third kappa shape index (κ3) is 15.5. The number of carbonyl (C=O) groups is 4. The molecule has 0 bridgehead atoms. The normalized spacial score (nSPS) is 13.9. The Balaban J connectivity index is 2.25. The Hall–Kier alpha value is -3.33. The Morgan fingerprint density at radius 1 is 0.778 bits per heavy atom. The number of rotatable bonds is 18. The zero-order chi connectivity index (χ0) is 33.8. The SMILES string of the molecule is CC(C)(C)CCCC(=O)C[C@@H](Cc1ccc(O)cc1)C(=O)N[C@@H](Cc1ccc(O)cc1)C(=O)CC[C@H](CSC(C)(C)C)C(=O)O. The fourth-order valence-corrected chi connectivity index (χ4v) is 5.90. The molecule has 8 nitrogen and oxygen atoms in total. The second-order valence-electron chi connectivity index (χ2n) is 14.1. The van der Waals surface area contributed by atoms with Crippen LogP contribution in [0.15, 0.2) is 48.5 Å². The smallest absolute Gasteiger partial charge is 0.307 e. The minimum absolute atomic E-state index is 0.0160. The molecule has 0 saturated carbocycles. The molecule has 2 aromatic carbocycles. The second-order valence-corrected chi connectivity index (χ2v) is 16.0. The van der Waals surface area contributed by atoms with E-state index in [4.69, 9.17) is 0 Å². The molecular formula is C36H51NO7S. The average Bonchev–Trinajstić information content (AvgIpc) is 2.93. The van der Waals surface area contributed by atoms with Crippen molar-refractivity contribution in [2.75, 3.05) is 5.75 Å². The lowest BCUT2D eigenvalue weighted by Crippen LogP contribution is -2.46. The summed E-state index contributed by atoms with van der Waals surface area (Å²) in [4.78, 5) is 52.4.